The van der Waals surface area contributed by atoms with Crippen molar-refractivity contribution in [3.05, 3.63) is 29.8 Å². The number of rotatable bonds is 7. The Bertz CT molecular complexity index is 721. The van der Waals surface area contributed by atoms with Crippen LogP contribution in [0.15, 0.2) is 24.3 Å². The normalized spacial score (nSPS) is 21.9. The summed E-state index contributed by atoms with van der Waals surface area (Å²) in [6, 6.07) is 7.69. The molecule has 1 aromatic carbocycles. The molecule has 1 unspecified atom stereocenters. The lowest BCUT2D eigenvalue weighted by Gasteiger charge is -2.29. The molecule has 0 aliphatic carbocycles. The Balaban J connectivity index is 1.40. The van der Waals surface area contributed by atoms with Crippen molar-refractivity contribution in [2.45, 2.75) is 38.3 Å². The predicted molar refractivity (Wildman–Crippen MR) is 102 cm³/mol. The molecule has 1 amide bonds. The van der Waals surface area contributed by atoms with Crippen LogP contribution in [0.1, 0.15) is 31.2 Å². The van der Waals surface area contributed by atoms with Crippen LogP contribution in [0.3, 0.4) is 0 Å². The van der Waals surface area contributed by atoms with E-state index >= 15 is 0 Å². The summed E-state index contributed by atoms with van der Waals surface area (Å²) in [5.41, 5.74) is 1.00. The van der Waals surface area contributed by atoms with Gasteiger partial charge in [-0.25, -0.2) is 12.7 Å². The first kappa shape index (κ1) is 20.1. The molecule has 8 heteroatoms. The van der Waals surface area contributed by atoms with Gasteiger partial charge in [0.05, 0.1) is 12.4 Å². The zero-order chi connectivity index (χ0) is 19.3. The first-order chi connectivity index (χ1) is 12.9. The topological polar surface area (TPSA) is 84.9 Å². The summed E-state index contributed by atoms with van der Waals surface area (Å²) in [5, 5.41) is 2.95. The maximum Gasteiger partial charge on any atom is 0.223 e. The van der Waals surface area contributed by atoms with E-state index in [1.54, 1.807) is 0 Å². The molecule has 0 bridgehead atoms. The van der Waals surface area contributed by atoms with Crippen LogP contribution in [-0.4, -0.2) is 57.3 Å². The molecule has 2 aliphatic rings. The van der Waals surface area contributed by atoms with Gasteiger partial charge in [0, 0.05) is 32.2 Å². The lowest BCUT2D eigenvalue weighted by molar-refractivity contribution is -0.126. The lowest BCUT2D eigenvalue weighted by atomic mass is 9.97. The number of carbonyl (C=O) groups is 1. The molecular weight excluding hydrogens is 368 g/mol. The second kappa shape index (κ2) is 9.03. The van der Waals surface area contributed by atoms with Crippen molar-refractivity contribution in [2.24, 2.45) is 5.92 Å². The maximum atomic E-state index is 12.3. The van der Waals surface area contributed by atoms with E-state index in [0.717, 1.165) is 30.8 Å². The first-order valence-electron chi connectivity index (χ1n) is 9.48. The van der Waals surface area contributed by atoms with Gasteiger partial charge in [-0.1, -0.05) is 12.1 Å². The summed E-state index contributed by atoms with van der Waals surface area (Å²) in [4.78, 5) is 12.3. The number of nitrogens with one attached hydrogen (secondary N) is 1. The summed E-state index contributed by atoms with van der Waals surface area (Å²) < 4.78 is 35.8. The Hall–Kier alpha value is -1.64. The molecule has 1 atom stereocenters. The van der Waals surface area contributed by atoms with Crippen LogP contribution in [0.2, 0.25) is 0 Å². The SMILES string of the molecule is CS(=O)(=O)N1CCC(C(=O)NCc2ccc(OCC3CCCO3)cc2)CC1. The van der Waals surface area contributed by atoms with Crippen LogP contribution >= 0.6 is 0 Å². The van der Waals surface area contributed by atoms with E-state index in [9.17, 15) is 13.2 Å². The van der Waals surface area contributed by atoms with Gasteiger partial charge in [-0.2, -0.15) is 0 Å². The minimum absolute atomic E-state index is 0.0122. The molecule has 0 saturated carbocycles. The van der Waals surface area contributed by atoms with E-state index in [1.165, 1.54) is 10.6 Å². The van der Waals surface area contributed by atoms with Crippen LogP contribution in [0.25, 0.3) is 0 Å². The number of hydrogen-bond acceptors (Lipinski definition) is 5. The smallest absolute Gasteiger partial charge is 0.223 e. The second-order valence-corrected chi connectivity index (χ2v) is 9.23. The van der Waals surface area contributed by atoms with Crippen molar-refractivity contribution in [2.75, 3.05) is 32.6 Å². The van der Waals surface area contributed by atoms with Crippen molar-refractivity contribution in [3.63, 3.8) is 0 Å². The highest BCUT2D eigenvalue weighted by Crippen LogP contribution is 2.20. The lowest BCUT2D eigenvalue weighted by Crippen LogP contribution is -2.42. The van der Waals surface area contributed by atoms with E-state index in [0.29, 0.717) is 39.1 Å². The summed E-state index contributed by atoms with van der Waals surface area (Å²) in [6.07, 6.45) is 4.68. The molecule has 1 aromatic rings. The van der Waals surface area contributed by atoms with Crippen molar-refractivity contribution in [1.82, 2.24) is 9.62 Å². The average Bonchev–Trinajstić information content (AvgIpc) is 3.18. The molecule has 7 nitrogen and oxygen atoms in total. The predicted octanol–water partition coefficient (Wildman–Crippen LogP) is 1.53. The molecule has 1 N–H and O–H groups in total. The van der Waals surface area contributed by atoms with Gasteiger partial charge >= 0.3 is 0 Å². The Morgan fingerprint density at radius 2 is 1.93 bits per heavy atom. The maximum absolute atomic E-state index is 12.3. The minimum Gasteiger partial charge on any atom is -0.491 e. The number of ether oxygens (including phenoxy) is 2. The molecule has 2 saturated heterocycles. The van der Waals surface area contributed by atoms with Crippen LogP contribution in [0, 0.1) is 5.92 Å². The fraction of sp³-hybridized carbons (Fsp3) is 0.632. The number of piperidine rings is 1. The Morgan fingerprint density at radius 3 is 2.52 bits per heavy atom. The van der Waals surface area contributed by atoms with Gasteiger partial charge in [-0.3, -0.25) is 4.79 Å². The van der Waals surface area contributed by atoms with Crippen LogP contribution in [0.4, 0.5) is 0 Å². The fourth-order valence-corrected chi connectivity index (χ4v) is 4.33. The van der Waals surface area contributed by atoms with Gasteiger partial charge in [-0.05, 0) is 43.4 Å². The largest absolute Gasteiger partial charge is 0.491 e. The van der Waals surface area contributed by atoms with Gasteiger partial charge in [0.2, 0.25) is 15.9 Å². The van der Waals surface area contributed by atoms with E-state index in [-0.39, 0.29) is 17.9 Å². The molecule has 0 radical (unpaired) electrons. The van der Waals surface area contributed by atoms with Crippen LogP contribution in [0.5, 0.6) is 5.75 Å². The van der Waals surface area contributed by atoms with Crippen LogP contribution < -0.4 is 10.1 Å². The van der Waals surface area contributed by atoms with E-state index < -0.39 is 10.0 Å². The third kappa shape index (κ3) is 5.92. The zero-order valence-electron chi connectivity index (χ0n) is 15.7. The Morgan fingerprint density at radius 1 is 1.22 bits per heavy atom. The number of sulfonamides is 1. The second-order valence-electron chi connectivity index (χ2n) is 7.24. The third-order valence-electron chi connectivity index (χ3n) is 5.14. The summed E-state index contributed by atoms with van der Waals surface area (Å²) in [6.45, 7) is 2.67. The number of benzene rings is 1. The first-order valence-corrected chi connectivity index (χ1v) is 11.3. The van der Waals surface area contributed by atoms with Crippen LogP contribution in [-0.2, 0) is 26.1 Å². The molecule has 0 spiro atoms. The molecule has 2 aliphatic heterocycles. The molecule has 150 valence electrons. The Kier molecular flexibility index (Phi) is 6.73. The minimum atomic E-state index is -3.16. The summed E-state index contributed by atoms with van der Waals surface area (Å²) in [5.74, 6) is 0.660. The highest BCUT2D eigenvalue weighted by atomic mass is 32.2. The number of carbonyl (C=O) groups excluding carboxylic acids is 1. The number of hydrogen-bond donors (Lipinski definition) is 1. The molecule has 2 heterocycles. The molecule has 2 fully saturated rings. The molecule has 3 rings (SSSR count). The highest BCUT2D eigenvalue weighted by molar-refractivity contribution is 7.88. The molecular formula is C19H28N2O5S. The fourth-order valence-electron chi connectivity index (χ4n) is 3.45. The molecule has 27 heavy (non-hydrogen) atoms. The standard InChI is InChI=1S/C19H28N2O5S/c1-27(23,24)21-10-8-16(9-11-21)19(22)20-13-15-4-6-17(7-5-15)26-14-18-3-2-12-25-18/h4-7,16,18H,2-3,8-14H2,1H3,(H,20,22). The highest BCUT2D eigenvalue weighted by Gasteiger charge is 2.28. The summed E-state index contributed by atoms with van der Waals surface area (Å²) in [7, 11) is -3.16. The number of nitrogens with zero attached hydrogens (tertiary/aromatic N) is 1. The van der Waals surface area contributed by atoms with Crippen molar-refractivity contribution in [3.8, 4) is 5.75 Å². The van der Waals surface area contributed by atoms with Gasteiger partial charge in [0.1, 0.15) is 12.4 Å². The van der Waals surface area contributed by atoms with E-state index in [1.807, 2.05) is 24.3 Å². The number of amides is 1. The van der Waals surface area contributed by atoms with Gasteiger partial charge in [0.15, 0.2) is 0 Å². The van der Waals surface area contributed by atoms with Crippen molar-refractivity contribution in [1.29, 1.82) is 0 Å². The zero-order valence-corrected chi connectivity index (χ0v) is 16.5. The van der Waals surface area contributed by atoms with Gasteiger partial charge in [-0.15, -0.1) is 0 Å². The van der Waals surface area contributed by atoms with E-state index in [4.69, 9.17) is 9.47 Å². The van der Waals surface area contributed by atoms with Crippen molar-refractivity contribution >= 4 is 15.9 Å². The van der Waals surface area contributed by atoms with Crippen molar-refractivity contribution < 1.29 is 22.7 Å². The van der Waals surface area contributed by atoms with Gasteiger partial charge in [0.25, 0.3) is 0 Å². The quantitative estimate of drug-likeness (QED) is 0.756. The third-order valence-corrected chi connectivity index (χ3v) is 6.45. The van der Waals surface area contributed by atoms with E-state index in [2.05, 4.69) is 5.32 Å². The van der Waals surface area contributed by atoms with Gasteiger partial charge < -0.3 is 14.8 Å². The Labute approximate surface area is 161 Å². The average molecular weight is 397 g/mol. The summed E-state index contributed by atoms with van der Waals surface area (Å²) >= 11 is 0. The monoisotopic (exact) mass is 396 g/mol. The molecule has 0 aromatic heterocycles.